The van der Waals surface area contributed by atoms with Gasteiger partial charge in [-0.1, -0.05) is 195 Å². The van der Waals surface area contributed by atoms with Crippen molar-refractivity contribution in [3.05, 3.63) is 20.4 Å². The first-order valence-electron chi connectivity index (χ1n) is 29.3. The van der Waals surface area contributed by atoms with Crippen LogP contribution < -0.4 is 21.5 Å². The van der Waals surface area contributed by atoms with Gasteiger partial charge in [-0.2, -0.15) is 0 Å². The molecule has 13 nitrogen and oxygen atoms in total. The molecule has 0 saturated carbocycles. The summed E-state index contributed by atoms with van der Waals surface area (Å²) in [5.41, 5.74) is -0.272. The maximum absolute atomic E-state index is 13.2. The number of nitrogens with one attached hydrogen (secondary N) is 2. The maximum Gasteiger partial charge on any atom is 0.320 e. The first kappa shape index (κ1) is 65.5. The first-order valence-corrected chi connectivity index (χ1v) is 29.3. The summed E-state index contributed by atoms with van der Waals surface area (Å²) in [6.07, 6.45) is 34.8. The summed E-state index contributed by atoms with van der Waals surface area (Å²) in [6, 6.07) is 0. The summed E-state index contributed by atoms with van der Waals surface area (Å²) in [5.74, 6) is -3.62. The predicted molar refractivity (Wildman–Crippen MR) is 291 cm³/mol. The molecule has 0 spiro atoms. The largest absolute Gasteiger partial charge is 0.465 e. The molecule has 0 heterocycles. The van der Waals surface area contributed by atoms with Crippen molar-refractivity contribution in [3.63, 3.8) is 0 Å². The Bertz CT molecular complexity index is 1410. The SMILES string of the molecule is CCCCCCCCOC(=O)C(CCCCCCN(CCCCCCC(C(=O)OCCCCCCCC)C(=O)OCCCCCCCC)CCCNc1c(NC)c(=O)c1=O)C(=O)OCCCCCCCC. The monoisotopic (exact) mass is 1000 g/mol. The summed E-state index contributed by atoms with van der Waals surface area (Å²) >= 11 is 0. The second-order valence-electron chi connectivity index (χ2n) is 20.0. The maximum atomic E-state index is 13.2. The zero-order valence-electron chi connectivity index (χ0n) is 46.1. The van der Waals surface area contributed by atoms with Gasteiger partial charge >= 0.3 is 23.9 Å². The average Bonchev–Trinajstić information content (AvgIpc) is 3.37. The minimum absolute atomic E-state index is 0.336. The highest BCUT2D eigenvalue weighted by atomic mass is 16.6. The van der Waals surface area contributed by atoms with E-state index in [0.29, 0.717) is 57.2 Å². The number of rotatable bonds is 52. The molecule has 0 saturated heterocycles. The predicted octanol–water partition coefficient (Wildman–Crippen LogP) is 13.2. The van der Waals surface area contributed by atoms with E-state index in [4.69, 9.17) is 18.9 Å². The third kappa shape index (κ3) is 33.1. The Hall–Kier alpha value is -3.48. The van der Waals surface area contributed by atoms with Crippen LogP contribution in [-0.4, -0.2) is 88.4 Å². The third-order valence-electron chi connectivity index (χ3n) is 13.7. The standard InChI is InChI=1S/C58H105N3O10/c1-6-10-14-18-26-34-45-68-55(64)49(56(65)69-46-35-27-19-15-11-7-2)39-30-22-24-32-42-61(44-38-41-60-52-51(59-5)53(62)54(52)63)43-33-25-23-31-40-50(57(66)70-47-36-28-20-16-12-8-3)58(67)71-48-37-29-21-17-13-9-4/h49-50,59-60H,6-48H2,1-5H3. The molecule has 13 heteroatoms. The number of hydrogen-bond donors (Lipinski definition) is 2. The van der Waals surface area contributed by atoms with Gasteiger partial charge in [0.2, 0.25) is 0 Å². The Morgan fingerprint density at radius 1 is 0.380 bits per heavy atom. The van der Waals surface area contributed by atoms with Gasteiger partial charge in [-0.15, -0.1) is 0 Å². The van der Waals surface area contributed by atoms with Crippen LogP contribution in [0, 0.1) is 11.8 Å². The summed E-state index contributed by atoms with van der Waals surface area (Å²) < 4.78 is 22.5. The third-order valence-corrected chi connectivity index (χ3v) is 13.7. The molecule has 0 fully saturated rings. The fraction of sp³-hybridized carbons (Fsp3) is 0.862. The van der Waals surface area contributed by atoms with Gasteiger partial charge in [0.1, 0.15) is 11.4 Å². The molecule has 1 rings (SSSR count). The van der Waals surface area contributed by atoms with Crippen molar-refractivity contribution in [2.45, 2.75) is 252 Å². The normalized spacial score (nSPS) is 11.5. The van der Waals surface area contributed by atoms with Crippen molar-refractivity contribution in [1.82, 2.24) is 4.90 Å². The van der Waals surface area contributed by atoms with Gasteiger partial charge in [0, 0.05) is 13.6 Å². The number of carbonyl (C=O) groups excluding carboxylic acids is 4. The van der Waals surface area contributed by atoms with Crippen LogP contribution in [0.15, 0.2) is 9.59 Å². The van der Waals surface area contributed by atoms with Crippen LogP contribution in [0.1, 0.15) is 252 Å². The van der Waals surface area contributed by atoms with E-state index in [9.17, 15) is 28.8 Å². The van der Waals surface area contributed by atoms with Crippen LogP contribution >= 0.6 is 0 Å². The molecule has 412 valence electrons. The molecule has 0 aliphatic heterocycles. The molecular weight excluding hydrogens is 899 g/mol. The van der Waals surface area contributed by atoms with E-state index in [1.165, 1.54) is 77.0 Å². The molecule has 0 amide bonds. The molecule has 1 aromatic rings. The smallest absolute Gasteiger partial charge is 0.320 e. The minimum Gasteiger partial charge on any atom is -0.465 e. The number of anilines is 2. The lowest BCUT2D eigenvalue weighted by molar-refractivity contribution is -0.164. The van der Waals surface area contributed by atoms with Gasteiger partial charge in [0.05, 0.1) is 26.4 Å². The van der Waals surface area contributed by atoms with Crippen molar-refractivity contribution in [2.24, 2.45) is 11.8 Å². The fourth-order valence-corrected chi connectivity index (χ4v) is 9.01. The van der Waals surface area contributed by atoms with Crippen LogP contribution in [0.25, 0.3) is 0 Å². The van der Waals surface area contributed by atoms with Gasteiger partial charge in [0.25, 0.3) is 10.9 Å². The Morgan fingerprint density at radius 2 is 0.662 bits per heavy atom. The fourth-order valence-electron chi connectivity index (χ4n) is 9.01. The highest BCUT2D eigenvalue weighted by molar-refractivity contribution is 5.95. The van der Waals surface area contributed by atoms with Crippen molar-refractivity contribution < 1.29 is 38.1 Å². The van der Waals surface area contributed by atoms with E-state index in [2.05, 4.69) is 43.2 Å². The number of esters is 4. The summed E-state index contributed by atoms with van der Waals surface area (Å²) in [5, 5.41) is 5.97. The second kappa shape index (κ2) is 46.3. The van der Waals surface area contributed by atoms with Crippen LogP contribution in [0.3, 0.4) is 0 Å². The molecule has 1 aromatic carbocycles. The van der Waals surface area contributed by atoms with E-state index < -0.39 is 46.6 Å². The number of carbonyl (C=O) groups is 4. The van der Waals surface area contributed by atoms with Crippen LogP contribution in [-0.2, 0) is 38.1 Å². The molecule has 2 N–H and O–H groups in total. The Labute approximate surface area is 431 Å². The lowest BCUT2D eigenvalue weighted by Gasteiger charge is -2.23. The van der Waals surface area contributed by atoms with Crippen molar-refractivity contribution in [1.29, 1.82) is 0 Å². The molecule has 0 radical (unpaired) electrons. The highest BCUT2D eigenvalue weighted by Gasteiger charge is 2.30. The summed E-state index contributed by atoms with van der Waals surface area (Å²) in [4.78, 5) is 79.3. The van der Waals surface area contributed by atoms with Crippen LogP contribution in [0.5, 0.6) is 0 Å². The topological polar surface area (TPSA) is 167 Å². The van der Waals surface area contributed by atoms with E-state index in [1.807, 2.05) is 0 Å². The van der Waals surface area contributed by atoms with Gasteiger partial charge in [-0.05, 0) is 77.4 Å². The molecular formula is C58H105N3O10. The number of nitrogens with zero attached hydrogens (tertiary/aromatic N) is 1. The van der Waals surface area contributed by atoms with Crippen LogP contribution in [0.2, 0.25) is 0 Å². The van der Waals surface area contributed by atoms with E-state index in [0.717, 1.165) is 154 Å². The van der Waals surface area contributed by atoms with Gasteiger partial charge in [0.15, 0.2) is 11.8 Å². The van der Waals surface area contributed by atoms with Crippen molar-refractivity contribution >= 4 is 35.3 Å². The molecule has 0 bridgehead atoms. The lowest BCUT2D eigenvalue weighted by atomic mass is 10.0. The second-order valence-corrected chi connectivity index (χ2v) is 20.0. The van der Waals surface area contributed by atoms with Gasteiger partial charge in [-0.25, -0.2) is 0 Å². The minimum atomic E-state index is -0.891. The quantitative estimate of drug-likeness (QED) is 0.0208. The van der Waals surface area contributed by atoms with Crippen molar-refractivity contribution in [2.75, 3.05) is 70.3 Å². The Balaban J connectivity index is 2.77. The molecule has 71 heavy (non-hydrogen) atoms. The molecule has 0 aliphatic rings. The van der Waals surface area contributed by atoms with Crippen molar-refractivity contribution in [3.8, 4) is 0 Å². The number of unbranched alkanes of at least 4 members (excludes halogenated alkanes) is 26. The van der Waals surface area contributed by atoms with E-state index in [1.54, 1.807) is 7.05 Å². The zero-order chi connectivity index (χ0) is 52.0. The highest BCUT2D eigenvalue weighted by Crippen LogP contribution is 2.20. The van der Waals surface area contributed by atoms with E-state index >= 15 is 0 Å². The molecule has 0 aliphatic carbocycles. The Kier molecular flexibility index (Phi) is 42.8. The first-order chi connectivity index (χ1) is 34.7. The summed E-state index contributed by atoms with van der Waals surface area (Å²) in [7, 11) is 1.64. The molecule has 0 aromatic heterocycles. The number of hydrogen-bond acceptors (Lipinski definition) is 13. The molecule has 0 unspecified atom stereocenters. The van der Waals surface area contributed by atoms with Gasteiger partial charge < -0.3 is 34.5 Å². The average molecular weight is 1000 g/mol. The van der Waals surface area contributed by atoms with Gasteiger partial charge in [-0.3, -0.25) is 28.8 Å². The number of ether oxygens (including phenoxy) is 4. The zero-order valence-corrected chi connectivity index (χ0v) is 46.1. The summed E-state index contributed by atoms with van der Waals surface area (Å²) in [6.45, 7) is 13.2. The Morgan fingerprint density at radius 3 is 1.00 bits per heavy atom. The molecule has 0 atom stereocenters. The van der Waals surface area contributed by atoms with Crippen LogP contribution in [0.4, 0.5) is 11.4 Å². The lowest BCUT2D eigenvalue weighted by Crippen LogP contribution is -2.37. The van der Waals surface area contributed by atoms with E-state index in [-0.39, 0.29) is 0 Å².